The van der Waals surface area contributed by atoms with Crippen molar-refractivity contribution in [3.05, 3.63) is 40.4 Å². The molecule has 1 saturated heterocycles. The molecule has 28 heavy (non-hydrogen) atoms. The van der Waals surface area contributed by atoms with Crippen molar-refractivity contribution in [1.29, 1.82) is 0 Å². The van der Waals surface area contributed by atoms with Crippen LogP contribution in [0.25, 0.3) is 0 Å². The van der Waals surface area contributed by atoms with Crippen molar-refractivity contribution in [2.45, 2.75) is 58.0 Å². The molecular formula is C20H24ClN5O2. The fourth-order valence-electron chi connectivity index (χ4n) is 4.07. The summed E-state index contributed by atoms with van der Waals surface area (Å²) < 4.78 is 2.16. The van der Waals surface area contributed by atoms with Crippen molar-refractivity contribution < 1.29 is 9.59 Å². The van der Waals surface area contributed by atoms with Crippen LogP contribution >= 0.6 is 11.6 Å². The molecule has 2 aromatic rings. The van der Waals surface area contributed by atoms with Crippen LogP contribution in [0.2, 0.25) is 5.02 Å². The van der Waals surface area contributed by atoms with E-state index in [1.165, 1.54) is 6.42 Å². The average molecular weight is 402 g/mol. The molecular weight excluding hydrogens is 378 g/mol. The first-order valence-corrected chi connectivity index (χ1v) is 10.2. The van der Waals surface area contributed by atoms with E-state index in [4.69, 9.17) is 11.6 Å². The fourth-order valence-corrected chi connectivity index (χ4v) is 4.24. The molecule has 2 aliphatic rings. The van der Waals surface area contributed by atoms with Gasteiger partial charge in [-0.05, 0) is 50.3 Å². The van der Waals surface area contributed by atoms with Gasteiger partial charge in [-0.15, -0.1) is 10.2 Å². The smallest absolute Gasteiger partial charge is 0.313 e. The van der Waals surface area contributed by atoms with Crippen molar-refractivity contribution in [2.75, 3.05) is 11.9 Å². The molecule has 7 nitrogen and oxygen atoms in total. The van der Waals surface area contributed by atoms with Gasteiger partial charge in [0.25, 0.3) is 0 Å². The second kappa shape index (κ2) is 7.91. The summed E-state index contributed by atoms with van der Waals surface area (Å²) in [5.41, 5.74) is 1.41. The summed E-state index contributed by atoms with van der Waals surface area (Å²) in [7, 11) is 0. The number of benzene rings is 1. The van der Waals surface area contributed by atoms with Crippen LogP contribution in [-0.2, 0) is 22.6 Å². The highest BCUT2D eigenvalue weighted by atomic mass is 35.5. The highest BCUT2D eigenvalue weighted by Gasteiger charge is 2.37. The number of aryl methyl sites for hydroxylation is 2. The van der Waals surface area contributed by atoms with Gasteiger partial charge in [-0.2, -0.15) is 0 Å². The predicted molar refractivity (Wildman–Crippen MR) is 106 cm³/mol. The largest absolute Gasteiger partial charge is 0.324 e. The summed E-state index contributed by atoms with van der Waals surface area (Å²) in [6.07, 6.45) is 5.95. The molecule has 2 amide bonds. The van der Waals surface area contributed by atoms with Gasteiger partial charge in [0.1, 0.15) is 5.82 Å². The van der Waals surface area contributed by atoms with E-state index in [0.29, 0.717) is 17.3 Å². The Labute approximate surface area is 169 Å². The number of carbonyl (C=O) groups excluding carboxylic acids is 2. The molecule has 0 spiro atoms. The Morgan fingerprint density at radius 3 is 2.86 bits per heavy atom. The molecule has 1 aromatic carbocycles. The van der Waals surface area contributed by atoms with Gasteiger partial charge in [-0.1, -0.05) is 24.1 Å². The van der Waals surface area contributed by atoms with Crippen LogP contribution < -0.4 is 5.32 Å². The van der Waals surface area contributed by atoms with Crippen LogP contribution in [-0.4, -0.2) is 38.0 Å². The van der Waals surface area contributed by atoms with E-state index in [0.717, 1.165) is 55.9 Å². The number of aromatic nitrogens is 3. The van der Waals surface area contributed by atoms with E-state index in [9.17, 15) is 9.59 Å². The average Bonchev–Trinajstić information content (AvgIpc) is 3.24. The summed E-state index contributed by atoms with van der Waals surface area (Å²) in [5.74, 6) is 0.626. The van der Waals surface area contributed by atoms with Gasteiger partial charge >= 0.3 is 11.8 Å². The molecule has 1 aromatic heterocycles. The standard InChI is InChI=1S/C20H24ClN5O2/c1-13-8-9-14(21)12-15(13)22-19(27)20(28)25-11-5-6-16(25)18-24-23-17-7-3-2-4-10-26(17)18/h8-9,12,16H,2-7,10-11H2,1H3,(H,22,27)/t16-/m1/s1. The summed E-state index contributed by atoms with van der Waals surface area (Å²) in [6, 6.07) is 5.02. The Morgan fingerprint density at radius 2 is 2.00 bits per heavy atom. The highest BCUT2D eigenvalue weighted by Crippen LogP contribution is 2.32. The van der Waals surface area contributed by atoms with Gasteiger partial charge in [0.05, 0.1) is 6.04 Å². The van der Waals surface area contributed by atoms with Gasteiger partial charge in [0.2, 0.25) is 0 Å². The van der Waals surface area contributed by atoms with Crippen molar-refractivity contribution in [3.63, 3.8) is 0 Å². The number of hydrogen-bond donors (Lipinski definition) is 1. The lowest BCUT2D eigenvalue weighted by atomic mass is 10.2. The number of nitrogens with one attached hydrogen (secondary N) is 1. The van der Waals surface area contributed by atoms with E-state index in [-0.39, 0.29) is 6.04 Å². The first-order valence-electron chi connectivity index (χ1n) is 9.84. The van der Waals surface area contributed by atoms with Gasteiger partial charge in [-0.25, -0.2) is 0 Å². The molecule has 0 radical (unpaired) electrons. The van der Waals surface area contributed by atoms with E-state index >= 15 is 0 Å². The fraction of sp³-hybridized carbons (Fsp3) is 0.500. The van der Waals surface area contributed by atoms with Crippen molar-refractivity contribution in [3.8, 4) is 0 Å². The van der Waals surface area contributed by atoms with Crippen LogP contribution in [0.15, 0.2) is 18.2 Å². The lowest BCUT2D eigenvalue weighted by molar-refractivity contribution is -0.143. The number of rotatable bonds is 2. The van der Waals surface area contributed by atoms with E-state index < -0.39 is 11.8 Å². The van der Waals surface area contributed by atoms with Crippen molar-refractivity contribution in [1.82, 2.24) is 19.7 Å². The SMILES string of the molecule is Cc1ccc(Cl)cc1NC(=O)C(=O)N1CCC[C@@H]1c1nnc2n1CCCCC2. The number of carbonyl (C=O) groups is 2. The number of anilines is 1. The second-order valence-electron chi connectivity index (χ2n) is 7.51. The zero-order chi connectivity index (χ0) is 19.7. The van der Waals surface area contributed by atoms with Gasteiger partial charge < -0.3 is 14.8 Å². The molecule has 2 aliphatic heterocycles. The first-order chi connectivity index (χ1) is 13.5. The molecule has 4 rings (SSSR count). The van der Waals surface area contributed by atoms with Crippen LogP contribution in [0.1, 0.15) is 55.4 Å². The third-order valence-corrected chi connectivity index (χ3v) is 5.83. The van der Waals surface area contributed by atoms with E-state index in [1.807, 2.05) is 13.0 Å². The molecule has 0 unspecified atom stereocenters. The number of amides is 2. The Balaban J connectivity index is 1.53. The van der Waals surface area contributed by atoms with Crippen LogP contribution in [0.3, 0.4) is 0 Å². The number of halogens is 1. The number of nitrogens with zero attached hydrogens (tertiary/aromatic N) is 4. The maximum absolute atomic E-state index is 12.9. The third-order valence-electron chi connectivity index (χ3n) is 5.59. The van der Waals surface area contributed by atoms with Crippen LogP contribution in [0, 0.1) is 6.92 Å². The normalized spacial score (nSPS) is 19.2. The van der Waals surface area contributed by atoms with Crippen LogP contribution in [0.4, 0.5) is 5.69 Å². The van der Waals surface area contributed by atoms with Gasteiger partial charge in [-0.3, -0.25) is 9.59 Å². The Kier molecular flexibility index (Phi) is 5.35. The monoisotopic (exact) mass is 401 g/mol. The number of fused-ring (bicyclic) bond motifs is 1. The topological polar surface area (TPSA) is 80.1 Å². The summed E-state index contributed by atoms with van der Waals surface area (Å²) in [5, 5.41) is 12.0. The molecule has 3 heterocycles. The van der Waals surface area contributed by atoms with Gasteiger partial charge in [0.15, 0.2) is 5.82 Å². The maximum Gasteiger partial charge on any atom is 0.313 e. The van der Waals surface area contributed by atoms with Gasteiger partial charge in [0, 0.05) is 30.2 Å². The molecule has 0 bridgehead atoms. The zero-order valence-corrected chi connectivity index (χ0v) is 16.7. The highest BCUT2D eigenvalue weighted by molar-refractivity contribution is 6.40. The molecule has 8 heteroatoms. The molecule has 0 aliphatic carbocycles. The first kappa shape index (κ1) is 18.9. The minimum absolute atomic E-state index is 0.196. The lowest BCUT2D eigenvalue weighted by Crippen LogP contribution is -2.40. The summed E-state index contributed by atoms with van der Waals surface area (Å²) in [6.45, 7) is 3.29. The molecule has 1 N–H and O–H groups in total. The zero-order valence-electron chi connectivity index (χ0n) is 15.9. The quantitative estimate of drug-likeness (QED) is 0.783. The Morgan fingerprint density at radius 1 is 1.14 bits per heavy atom. The molecule has 148 valence electrons. The van der Waals surface area contributed by atoms with E-state index in [1.54, 1.807) is 17.0 Å². The predicted octanol–water partition coefficient (Wildman–Crippen LogP) is 3.27. The summed E-state index contributed by atoms with van der Waals surface area (Å²) >= 11 is 6.01. The third kappa shape index (κ3) is 3.63. The molecule has 0 saturated carbocycles. The summed E-state index contributed by atoms with van der Waals surface area (Å²) in [4.78, 5) is 27.2. The maximum atomic E-state index is 12.9. The lowest BCUT2D eigenvalue weighted by Gasteiger charge is -2.24. The molecule has 1 fully saturated rings. The number of likely N-dealkylation sites (tertiary alicyclic amines) is 1. The molecule has 1 atom stereocenters. The van der Waals surface area contributed by atoms with Crippen molar-refractivity contribution >= 4 is 29.1 Å². The minimum Gasteiger partial charge on any atom is -0.324 e. The van der Waals surface area contributed by atoms with Crippen molar-refractivity contribution in [2.24, 2.45) is 0 Å². The number of hydrogen-bond acceptors (Lipinski definition) is 4. The van der Waals surface area contributed by atoms with E-state index in [2.05, 4.69) is 20.1 Å². The van der Waals surface area contributed by atoms with Crippen LogP contribution in [0.5, 0.6) is 0 Å². The Hall–Kier alpha value is -2.41. The second-order valence-corrected chi connectivity index (χ2v) is 7.94. The minimum atomic E-state index is -0.645. The Bertz CT molecular complexity index is 910.